The van der Waals surface area contributed by atoms with Gasteiger partial charge in [-0.15, -0.1) is 0 Å². The highest BCUT2D eigenvalue weighted by atomic mass is 14.5. The molecule has 0 N–H and O–H groups in total. The van der Waals surface area contributed by atoms with Crippen LogP contribution in [0.15, 0.2) is 11.6 Å². The van der Waals surface area contributed by atoms with Crippen LogP contribution in [0.4, 0.5) is 0 Å². The Morgan fingerprint density at radius 1 is 1.00 bits per heavy atom. The van der Waals surface area contributed by atoms with E-state index in [2.05, 4.69) is 40.7 Å². The molecule has 3 aliphatic rings. The van der Waals surface area contributed by atoms with Gasteiger partial charge in [0.25, 0.3) is 0 Å². The topological polar surface area (TPSA) is 0 Å². The van der Waals surface area contributed by atoms with Crippen molar-refractivity contribution >= 4 is 0 Å². The first-order valence-corrected chi connectivity index (χ1v) is 10.5. The molecule has 0 aromatic heterocycles. The molecule has 4 atom stereocenters. The van der Waals surface area contributed by atoms with Crippen molar-refractivity contribution in [1.29, 1.82) is 0 Å². The molecule has 0 heterocycles. The fraction of sp³-hybridized carbons (Fsp3) is 0.913. The second-order valence-electron chi connectivity index (χ2n) is 10.4. The fourth-order valence-electron chi connectivity index (χ4n) is 5.97. The predicted molar refractivity (Wildman–Crippen MR) is 101 cm³/mol. The fourth-order valence-corrected chi connectivity index (χ4v) is 5.97. The van der Waals surface area contributed by atoms with Gasteiger partial charge in [-0.3, -0.25) is 0 Å². The first-order chi connectivity index (χ1) is 10.8. The third kappa shape index (κ3) is 3.57. The molecule has 0 amide bonds. The Labute approximate surface area is 145 Å². The van der Waals surface area contributed by atoms with Gasteiger partial charge in [0.05, 0.1) is 0 Å². The van der Waals surface area contributed by atoms with Gasteiger partial charge >= 0.3 is 0 Å². The molecule has 0 aromatic rings. The van der Waals surface area contributed by atoms with Gasteiger partial charge in [0.15, 0.2) is 0 Å². The van der Waals surface area contributed by atoms with Crippen molar-refractivity contribution in [3.63, 3.8) is 0 Å². The summed E-state index contributed by atoms with van der Waals surface area (Å²) in [4.78, 5) is 0. The smallest absolute Gasteiger partial charge is 0.0173 e. The Balaban J connectivity index is 1.68. The van der Waals surface area contributed by atoms with Crippen LogP contribution in [0.1, 0.15) is 98.8 Å². The van der Waals surface area contributed by atoms with Crippen LogP contribution in [0.3, 0.4) is 0 Å². The second-order valence-corrected chi connectivity index (χ2v) is 10.4. The lowest BCUT2D eigenvalue weighted by atomic mass is 9.59. The molecule has 0 aliphatic heterocycles. The molecule has 4 unspecified atom stereocenters. The molecule has 0 radical (unpaired) electrons. The van der Waals surface area contributed by atoms with Crippen LogP contribution in [0.2, 0.25) is 0 Å². The molecule has 0 spiro atoms. The molecule has 2 fully saturated rings. The highest BCUT2D eigenvalue weighted by Gasteiger charge is 2.44. The van der Waals surface area contributed by atoms with Crippen molar-refractivity contribution < 1.29 is 0 Å². The highest BCUT2D eigenvalue weighted by Crippen LogP contribution is 2.55. The normalized spacial score (nSPS) is 39.7. The minimum Gasteiger partial charge on any atom is -0.0845 e. The van der Waals surface area contributed by atoms with E-state index < -0.39 is 0 Å². The summed E-state index contributed by atoms with van der Waals surface area (Å²) in [5.41, 5.74) is 2.75. The zero-order valence-electron chi connectivity index (χ0n) is 16.5. The molecule has 0 saturated heterocycles. The maximum absolute atomic E-state index is 2.65. The summed E-state index contributed by atoms with van der Waals surface area (Å²) in [5.74, 6) is 4.05. The third-order valence-electron chi connectivity index (χ3n) is 8.02. The number of rotatable bonds is 3. The van der Waals surface area contributed by atoms with Crippen LogP contribution in [0, 0.1) is 34.5 Å². The lowest BCUT2D eigenvalue weighted by Crippen LogP contribution is -2.36. The molecule has 0 bridgehead atoms. The van der Waals surface area contributed by atoms with E-state index in [4.69, 9.17) is 0 Å². The van der Waals surface area contributed by atoms with E-state index in [1.165, 1.54) is 64.2 Å². The molecular weight excluding hydrogens is 276 g/mol. The molecule has 2 saturated carbocycles. The Morgan fingerprint density at radius 2 is 1.65 bits per heavy atom. The molecule has 132 valence electrons. The van der Waals surface area contributed by atoms with Crippen LogP contribution < -0.4 is 0 Å². The van der Waals surface area contributed by atoms with Crippen molar-refractivity contribution in [3.05, 3.63) is 11.6 Å². The van der Waals surface area contributed by atoms with Crippen LogP contribution in [0.5, 0.6) is 0 Å². The Kier molecular flexibility index (Phi) is 5.01. The van der Waals surface area contributed by atoms with Gasteiger partial charge in [-0.2, -0.15) is 0 Å². The molecule has 0 nitrogen and oxygen atoms in total. The van der Waals surface area contributed by atoms with E-state index in [0.29, 0.717) is 10.8 Å². The maximum Gasteiger partial charge on any atom is -0.0173 e. The van der Waals surface area contributed by atoms with E-state index in [-0.39, 0.29) is 0 Å². The van der Waals surface area contributed by atoms with Gasteiger partial charge in [-0.05, 0) is 60.2 Å². The van der Waals surface area contributed by atoms with Gasteiger partial charge in [-0.1, -0.05) is 84.8 Å². The van der Waals surface area contributed by atoms with Gasteiger partial charge in [0, 0.05) is 0 Å². The van der Waals surface area contributed by atoms with E-state index in [0.717, 1.165) is 23.7 Å². The van der Waals surface area contributed by atoms with E-state index in [1.807, 2.05) is 0 Å². The zero-order chi connectivity index (χ0) is 16.7. The van der Waals surface area contributed by atoms with Crippen molar-refractivity contribution in [2.45, 2.75) is 98.8 Å². The first kappa shape index (κ1) is 17.6. The molecule has 3 aliphatic carbocycles. The summed E-state index contributed by atoms with van der Waals surface area (Å²) in [6.45, 7) is 12.3. The Hall–Kier alpha value is -0.260. The van der Waals surface area contributed by atoms with Crippen molar-refractivity contribution in [3.8, 4) is 0 Å². The summed E-state index contributed by atoms with van der Waals surface area (Å²) in [6.07, 6.45) is 17.4. The third-order valence-corrected chi connectivity index (χ3v) is 8.02. The van der Waals surface area contributed by atoms with Crippen LogP contribution in [0.25, 0.3) is 0 Å². The number of hydrogen-bond acceptors (Lipinski definition) is 0. The van der Waals surface area contributed by atoms with E-state index >= 15 is 0 Å². The van der Waals surface area contributed by atoms with Crippen LogP contribution >= 0.6 is 0 Å². The van der Waals surface area contributed by atoms with Gasteiger partial charge < -0.3 is 0 Å². The highest BCUT2D eigenvalue weighted by molar-refractivity contribution is 5.17. The standard InChI is InChI=1S/C23H40/c1-6-23(5)16-19(11-8-12-21(23)17-9-7-10-17)18-13-14-20(15-18)22(2,3)4/h14,17-19,21H,6-13,15-16H2,1-5H3. The minimum atomic E-state index is 0.391. The van der Waals surface area contributed by atoms with Gasteiger partial charge in [0.2, 0.25) is 0 Å². The molecule has 23 heavy (non-hydrogen) atoms. The summed E-state index contributed by atoms with van der Waals surface area (Å²) in [7, 11) is 0. The quantitative estimate of drug-likeness (QED) is 0.376. The lowest BCUT2D eigenvalue weighted by molar-refractivity contribution is 0.0445. The average Bonchev–Trinajstić information content (AvgIpc) is 2.86. The van der Waals surface area contributed by atoms with Gasteiger partial charge in [-0.25, -0.2) is 0 Å². The number of allylic oxidation sites excluding steroid dienone is 2. The molecule has 0 heteroatoms. The predicted octanol–water partition coefficient (Wildman–Crippen LogP) is 7.39. The van der Waals surface area contributed by atoms with Gasteiger partial charge in [0.1, 0.15) is 0 Å². The summed E-state index contributed by atoms with van der Waals surface area (Å²) >= 11 is 0. The first-order valence-electron chi connectivity index (χ1n) is 10.5. The molecule has 0 aromatic carbocycles. The lowest BCUT2D eigenvalue weighted by Gasteiger charge is -2.46. The van der Waals surface area contributed by atoms with Crippen molar-refractivity contribution in [2.24, 2.45) is 34.5 Å². The summed E-state index contributed by atoms with van der Waals surface area (Å²) in [6, 6.07) is 0. The SMILES string of the molecule is CCC1(C)CC(C2CC=C(C(C)(C)C)C2)CCCC1C1CCC1. The number of hydrogen-bond donors (Lipinski definition) is 0. The van der Waals surface area contributed by atoms with Crippen molar-refractivity contribution in [1.82, 2.24) is 0 Å². The monoisotopic (exact) mass is 316 g/mol. The minimum absolute atomic E-state index is 0.391. The van der Waals surface area contributed by atoms with E-state index in [9.17, 15) is 0 Å². The summed E-state index contributed by atoms with van der Waals surface area (Å²) in [5, 5.41) is 0. The largest absolute Gasteiger partial charge is 0.0845 e. The average molecular weight is 317 g/mol. The Bertz CT molecular complexity index is 433. The molecule has 3 rings (SSSR count). The van der Waals surface area contributed by atoms with Crippen LogP contribution in [-0.4, -0.2) is 0 Å². The van der Waals surface area contributed by atoms with Crippen molar-refractivity contribution in [2.75, 3.05) is 0 Å². The Morgan fingerprint density at radius 3 is 2.17 bits per heavy atom. The zero-order valence-corrected chi connectivity index (χ0v) is 16.5. The summed E-state index contributed by atoms with van der Waals surface area (Å²) < 4.78 is 0. The molecular formula is C23H40. The van der Waals surface area contributed by atoms with E-state index in [1.54, 1.807) is 5.57 Å². The maximum atomic E-state index is 2.65. The second kappa shape index (κ2) is 6.57. The van der Waals surface area contributed by atoms with Crippen LogP contribution in [-0.2, 0) is 0 Å².